The number of fused-ring (bicyclic) bond motifs is 1. The number of para-hydroxylation sites is 1. The summed E-state index contributed by atoms with van der Waals surface area (Å²) in [5.41, 5.74) is 1.37. The lowest BCUT2D eigenvalue weighted by Gasteiger charge is -2.13. The molecule has 0 unspecified atom stereocenters. The van der Waals surface area contributed by atoms with E-state index in [0.717, 1.165) is 0 Å². The highest BCUT2D eigenvalue weighted by Crippen LogP contribution is 2.15. The highest BCUT2D eigenvalue weighted by Gasteiger charge is 2.17. The summed E-state index contributed by atoms with van der Waals surface area (Å²) in [6, 6.07) is 15.1. The van der Waals surface area contributed by atoms with Crippen LogP contribution in [0.1, 0.15) is 21.6 Å². The first-order valence-corrected chi connectivity index (χ1v) is 8.60. The molecule has 0 amide bonds. The first-order valence-electron chi connectivity index (χ1n) is 8.60. The van der Waals surface area contributed by atoms with Crippen LogP contribution in [0.2, 0.25) is 0 Å². The predicted molar refractivity (Wildman–Crippen MR) is 107 cm³/mol. The summed E-state index contributed by atoms with van der Waals surface area (Å²) in [6.07, 6.45) is 2.84. The number of aromatic nitrogens is 3. The molecule has 4 aromatic rings. The van der Waals surface area contributed by atoms with Gasteiger partial charge in [-0.05, 0) is 29.9 Å². The predicted octanol–water partition coefficient (Wildman–Crippen LogP) is 1.16. The van der Waals surface area contributed by atoms with Gasteiger partial charge in [0.25, 0.3) is 0 Å². The molecule has 0 atom stereocenters. The van der Waals surface area contributed by atoms with Crippen molar-refractivity contribution < 1.29 is 4.79 Å². The Kier molecular flexibility index (Phi) is 4.49. The Morgan fingerprint density at radius 1 is 1.04 bits per heavy atom. The number of aromatic amines is 1. The Bertz CT molecular complexity index is 1300. The zero-order valence-corrected chi connectivity index (χ0v) is 14.8. The normalized spacial score (nSPS) is 10.9. The van der Waals surface area contributed by atoms with E-state index in [1.165, 1.54) is 24.5 Å². The fraction of sp³-hybridized carbons (Fsp3) is 0.0476. The van der Waals surface area contributed by atoms with E-state index in [1.807, 2.05) is 18.2 Å². The van der Waals surface area contributed by atoms with Crippen molar-refractivity contribution in [3.63, 3.8) is 0 Å². The lowest BCUT2D eigenvalue weighted by Crippen LogP contribution is -2.21. The Morgan fingerprint density at radius 2 is 1.86 bits per heavy atom. The van der Waals surface area contributed by atoms with E-state index in [1.54, 1.807) is 28.8 Å². The SMILES string of the molecule is [B]c1cccc(Cn2cc(C(=O)c3ccc(=O)[nH]c3)c(=O)c3ccccc32)n1. The molecule has 0 aliphatic carbocycles. The zero-order chi connectivity index (χ0) is 19.7. The molecule has 0 aliphatic rings. The second-order valence-electron chi connectivity index (χ2n) is 6.34. The van der Waals surface area contributed by atoms with Gasteiger partial charge in [-0.2, -0.15) is 0 Å². The van der Waals surface area contributed by atoms with Crippen LogP contribution in [0.4, 0.5) is 0 Å². The van der Waals surface area contributed by atoms with Gasteiger partial charge in [0.15, 0.2) is 5.78 Å². The molecule has 0 spiro atoms. The molecule has 1 N–H and O–H groups in total. The second kappa shape index (κ2) is 7.11. The largest absolute Gasteiger partial charge is 0.340 e. The van der Waals surface area contributed by atoms with Crippen molar-refractivity contribution in [1.82, 2.24) is 14.5 Å². The molecule has 28 heavy (non-hydrogen) atoms. The molecule has 3 aromatic heterocycles. The maximum Gasteiger partial charge on any atom is 0.247 e. The maximum atomic E-state index is 12.9. The number of ketones is 1. The molecule has 3 heterocycles. The number of H-pyrrole nitrogens is 1. The third-order valence-electron chi connectivity index (χ3n) is 4.44. The van der Waals surface area contributed by atoms with Crippen molar-refractivity contribution in [2.24, 2.45) is 0 Å². The van der Waals surface area contributed by atoms with Crippen LogP contribution in [0, 0.1) is 0 Å². The first kappa shape index (κ1) is 17.7. The molecule has 0 saturated heterocycles. The van der Waals surface area contributed by atoms with E-state index < -0.39 is 5.78 Å². The highest BCUT2D eigenvalue weighted by atomic mass is 16.1. The number of hydrogen-bond donors (Lipinski definition) is 1. The summed E-state index contributed by atoms with van der Waals surface area (Å²) >= 11 is 0. The second-order valence-corrected chi connectivity index (χ2v) is 6.34. The van der Waals surface area contributed by atoms with Crippen molar-refractivity contribution in [1.29, 1.82) is 0 Å². The number of carbonyl (C=O) groups is 1. The lowest BCUT2D eigenvalue weighted by molar-refractivity contribution is 0.103. The van der Waals surface area contributed by atoms with Crippen LogP contribution in [0.25, 0.3) is 10.9 Å². The van der Waals surface area contributed by atoms with Crippen LogP contribution < -0.4 is 16.6 Å². The van der Waals surface area contributed by atoms with E-state index >= 15 is 0 Å². The van der Waals surface area contributed by atoms with Crippen LogP contribution in [0.5, 0.6) is 0 Å². The van der Waals surface area contributed by atoms with Gasteiger partial charge >= 0.3 is 0 Å². The molecule has 0 fully saturated rings. The van der Waals surface area contributed by atoms with Gasteiger partial charge in [0.05, 0.1) is 23.3 Å². The van der Waals surface area contributed by atoms with Crippen molar-refractivity contribution in [3.8, 4) is 0 Å². The number of pyridine rings is 3. The zero-order valence-electron chi connectivity index (χ0n) is 14.8. The molecule has 134 valence electrons. The van der Waals surface area contributed by atoms with E-state index in [0.29, 0.717) is 28.7 Å². The van der Waals surface area contributed by atoms with Crippen molar-refractivity contribution in [2.75, 3.05) is 0 Å². The monoisotopic (exact) mass is 367 g/mol. The van der Waals surface area contributed by atoms with Crippen LogP contribution in [0.15, 0.2) is 76.6 Å². The third kappa shape index (κ3) is 3.30. The average molecular weight is 367 g/mol. The molecule has 0 aliphatic heterocycles. The standard InChI is InChI=1S/C21H14BN3O3/c22-18-7-3-4-14(24-18)11-25-12-16(20(27)13-8-9-19(26)23-10-13)21(28)15-5-1-2-6-17(15)25/h1-10,12H,11H2,(H,23,26). The fourth-order valence-corrected chi connectivity index (χ4v) is 3.11. The van der Waals surface area contributed by atoms with Gasteiger partial charge in [-0.1, -0.05) is 24.3 Å². The maximum absolute atomic E-state index is 12.9. The number of benzene rings is 1. The Morgan fingerprint density at radius 3 is 2.61 bits per heavy atom. The van der Waals surface area contributed by atoms with Crippen molar-refractivity contribution in [2.45, 2.75) is 6.54 Å². The third-order valence-corrected chi connectivity index (χ3v) is 4.44. The van der Waals surface area contributed by atoms with E-state index in [9.17, 15) is 14.4 Å². The summed E-state index contributed by atoms with van der Waals surface area (Å²) < 4.78 is 1.80. The van der Waals surface area contributed by atoms with Gasteiger partial charge in [-0.3, -0.25) is 19.4 Å². The van der Waals surface area contributed by atoms with Crippen molar-refractivity contribution in [3.05, 3.63) is 104 Å². The molecule has 7 heteroatoms. The minimum absolute atomic E-state index is 0.0228. The van der Waals surface area contributed by atoms with E-state index in [2.05, 4.69) is 9.97 Å². The lowest BCUT2D eigenvalue weighted by atomic mass is 10.0. The van der Waals surface area contributed by atoms with Gasteiger partial charge in [0.1, 0.15) is 7.85 Å². The van der Waals surface area contributed by atoms with Crippen LogP contribution in [-0.2, 0) is 6.54 Å². The number of rotatable bonds is 4. The molecule has 0 saturated carbocycles. The molecule has 1 aromatic carbocycles. The summed E-state index contributed by atoms with van der Waals surface area (Å²) in [7, 11) is 5.76. The Labute approximate surface area is 160 Å². The molecule has 2 radical (unpaired) electrons. The van der Waals surface area contributed by atoms with Gasteiger partial charge in [-0.25, -0.2) is 0 Å². The average Bonchev–Trinajstić information content (AvgIpc) is 2.70. The van der Waals surface area contributed by atoms with Gasteiger partial charge in [-0.15, -0.1) is 0 Å². The van der Waals surface area contributed by atoms with Gasteiger partial charge < -0.3 is 9.55 Å². The smallest absolute Gasteiger partial charge is 0.247 e. The highest BCUT2D eigenvalue weighted by molar-refractivity contribution is 6.30. The molecular weight excluding hydrogens is 353 g/mol. The molecule has 6 nitrogen and oxygen atoms in total. The van der Waals surface area contributed by atoms with E-state index in [-0.39, 0.29) is 22.1 Å². The molecule has 4 rings (SSSR count). The van der Waals surface area contributed by atoms with Gasteiger partial charge in [0, 0.05) is 29.4 Å². The number of carbonyl (C=O) groups excluding carboxylic acids is 1. The minimum atomic E-state index is -0.457. The first-order chi connectivity index (χ1) is 13.5. The van der Waals surface area contributed by atoms with Gasteiger partial charge in [0.2, 0.25) is 11.0 Å². The number of nitrogens with one attached hydrogen (secondary N) is 1. The minimum Gasteiger partial charge on any atom is -0.340 e. The van der Waals surface area contributed by atoms with Crippen LogP contribution in [0.3, 0.4) is 0 Å². The Hall–Kier alpha value is -3.74. The molecular formula is C21H14BN3O3. The number of nitrogens with zero attached hydrogens (tertiary/aromatic N) is 2. The topological polar surface area (TPSA) is 84.8 Å². The number of hydrogen-bond acceptors (Lipinski definition) is 4. The summed E-state index contributed by atoms with van der Waals surface area (Å²) in [5, 5.41) is 0.432. The summed E-state index contributed by atoms with van der Waals surface area (Å²) in [6.45, 7) is 0.345. The summed E-state index contributed by atoms with van der Waals surface area (Å²) in [5.74, 6) is -0.457. The van der Waals surface area contributed by atoms with Crippen LogP contribution >= 0.6 is 0 Å². The summed E-state index contributed by atoms with van der Waals surface area (Å²) in [4.78, 5) is 43.8. The van der Waals surface area contributed by atoms with Crippen molar-refractivity contribution >= 4 is 30.1 Å². The molecule has 0 bridgehead atoms. The van der Waals surface area contributed by atoms with E-state index in [4.69, 9.17) is 7.85 Å². The Balaban J connectivity index is 1.89. The van der Waals surface area contributed by atoms with Crippen LogP contribution in [-0.4, -0.2) is 28.2 Å². The quantitative estimate of drug-likeness (QED) is 0.433. The fourth-order valence-electron chi connectivity index (χ4n) is 3.11.